The van der Waals surface area contributed by atoms with E-state index in [-0.39, 0.29) is 5.92 Å². The lowest BCUT2D eigenvalue weighted by Gasteiger charge is -2.09. The molecule has 0 saturated heterocycles. The molecule has 1 radical (unpaired) electrons. The largest absolute Gasteiger partial charge is 0.291 e. The molecule has 0 amide bonds. The third kappa shape index (κ3) is 41.8. The topological polar surface area (TPSA) is 17.1 Å². The van der Waals surface area contributed by atoms with E-state index < -0.39 is 0 Å². The molecule has 0 aliphatic carbocycles. The quantitative estimate of drug-likeness (QED) is 0.0595. The van der Waals surface area contributed by atoms with Gasteiger partial charge < -0.3 is 0 Å². The standard InChI is InChI=1S/C46H91O/c1-3-5-7-9-11-13-15-17-19-21-23-25-27-29-31-33-35-37-39-41-43-46(45-47)44-42-40-38-36-34-32-30-28-26-24-22-20-18-16-14-12-10-8-6-4-2/h46H,3-44H2,1-2H3. The highest BCUT2D eigenvalue weighted by atomic mass is 16.1. The van der Waals surface area contributed by atoms with Crippen LogP contribution in [0.5, 0.6) is 0 Å². The fraction of sp³-hybridized carbons (Fsp3) is 0.978. The van der Waals surface area contributed by atoms with Gasteiger partial charge in [0.2, 0.25) is 6.29 Å². The Morgan fingerprint density at radius 2 is 0.404 bits per heavy atom. The van der Waals surface area contributed by atoms with E-state index in [0.29, 0.717) is 0 Å². The Morgan fingerprint density at radius 1 is 0.255 bits per heavy atom. The van der Waals surface area contributed by atoms with Gasteiger partial charge in [-0.2, -0.15) is 0 Å². The van der Waals surface area contributed by atoms with Crippen LogP contribution >= 0.6 is 0 Å². The zero-order chi connectivity index (χ0) is 34.0. The van der Waals surface area contributed by atoms with Crippen molar-refractivity contribution in [2.24, 2.45) is 5.92 Å². The average molecular weight is 660 g/mol. The molecular weight excluding hydrogens is 569 g/mol. The van der Waals surface area contributed by atoms with E-state index in [2.05, 4.69) is 20.1 Å². The van der Waals surface area contributed by atoms with Crippen molar-refractivity contribution in [3.8, 4) is 0 Å². The van der Waals surface area contributed by atoms with Crippen molar-refractivity contribution in [2.75, 3.05) is 0 Å². The van der Waals surface area contributed by atoms with E-state index in [1.807, 2.05) is 0 Å². The van der Waals surface area contributed by atoms with Gasteiger partial charge >= 0.3 is 0 Å². The van der Waals surface area contributed by atoms with E-state index in [4.69, 9.17) is 0 Å². The summed E-state index contributed by atoms with van der Waals surface area (Å²) in [5.74, 6) is 0.209. The normalized spacial score (nSPS) is 11.6. The predicted octanol–water partition coefficient (Wildman–Crippen LogP) is 17.1. The molecule has 0 aromatic heterocycles. The molecule has 0 fully saturated rings. The Kier molecular flexibility index (Phi) is 43.4. The minimum absolute atomic E-state index is 0.209. The molecule has 0 spiro atoms. The Labute approximate surface area is 299 Å². The van der Waals surface area contributed by atoms with Crippen molar-refractivity contribution < 1.29 is 4.79 Å². The van der Waals surface area contributed by atoms with Gasteiger partial charge in [-0.1, -0.05) is 271 Å². The number of rotatable bonds is 43. The Bertz CT molecular complexity index is 497. The van der Waals surface area contributed by atoms with Crippen LogP contribution < -0.4 is 0 Å². The van der Waals surface area contributed by atoms with Crippen LogP contribution in [0.25, 0.3) is 0 Å². The lowest BCUT2D eigenvalue weighted by molar-refractivity contribution is 0.448. The van der Waals surface area contributed by atoms with Gasteiger partial charge in [0.05, 0.1) is 0 Å². The van der Waals surface area contributed by atoms with Crippen LogP contribution in [-0.4, -0.2) is 6.29 Å². The van der Waals surface area contributed by atoms with Gasteiger partial charge in [-0.15, -0.1) is 0 Å². The highest BCUT2D eigenvalue weighted by molar-refractivity contribution is 5.54. The first kappa shape index (κ1) is 46.7. The second kappa shape index (κ2) is 43.7. The Morgan fingerprint density at radius 3 is 0.553 bits per heavy atom. The third-order valence-corrected chi connectivity index (χ3v) is 11.0. The van der Waals surface area contributed by atoms with Gasteiger partial charge in [-0.05, 0) is 12.8 Å². The van der Waals surface area contributed by atoms with Crippen molar-refractivity contribution in [2.45, 2.75) is 284 Å². The van der Waals surface area contributed by atoms with E-state index in [9.17, 15) is 4.79 Å². The average Bonchev–Trinajstić information content (AvgIpc) is 3.09. The molecule has 0 N–H and O–H groups in total. The fourth-order valence-corrected chi connectivity index (χ4v) is 7.55. The van der Waals surface area contributed by atoms with E-state index >= 15 is 0 Å². The van der Waals surface area contributed by atoms with Crippen molar-refractivity contribution in [3.05, 3.63) is 0 Å². The summed E-state index contributed by atoms with van der Waals surface area (Å²) in [6, 6.07) is 0. The molecule has 0 saturated carbocycles. The molecule has 0 unspecified atom stereocenters. The summed E-state index contributed by atoms with van der Waals surface area (Å²) in [6.07, 6.45) is 61.6. The minimum atomic E-state index is 0.209. The second-order valence-electron chi connectivity index (χ2n) is 15.8. The summed E-state index contributed by atoms with van der Waals surface area (Å²) >= 11 is 0. The van der Waals surface area contributed by atoms with Gasteiger partial charge in [0.15, 0.2) is 0 Å². The van der Waals surface area contributed by atoms with Gasteiger partial charge in [-0.25, -0.2) is 0 Å². The van der Waals surface area contributed by atoms with Gasteiger partial charge in [0.25, 0.3) is 0 Å². The number of unbranched alkanes of at least 4 members (excludes halogenated alkanes) is 38. The number of carbonyl (C=O) groups excluding carboxylic acids is 1. The molecule has 1 nitrogen and oxygen atoms in total. The van der Waals surface area contributed by atoms with Crippen molar-refractivity contribution in [1.82, 2.24) is 0 Å². The monoisotopic (exact) mass is 660 g/mol. The van der Waals surface area contributed by atoms with Crippen LogP contribution in [0.3, 0.4) is 0 Å². The highest BCUT2D eigenvalue weighted by Crippen LogP contribution is 2.20. The molecular formula is C46H91O. The van der Waals surface area contributed by atoms with E-state index in [1.165, 1.54) is 257 Å². The summed E-state index contributed by atoms with van der Waals surface area (Å²) in [4.78, 5) is 11.4. The first-order chi connectivity index (χ1) is 23.3. The van der Waals surface area contributed by atoms with Crippen LogP contribution in [0, 0.1) is 5.92 Å². The van der Waals surface area contributed by atoms with E-state index in [0.717, 1.165) is 12.8 Å². The smallest absolute Gasteiger partial charge is 0.201 e. The lowest BCUT2D eigenvalue weighted by atomic mass is 9.95. The highest BCUT2D eigenvalue weighted by Gasteiger charge is 2.08. The summed E-state index contributed by atoms with van der Waals surface area (Å²) in [7, 11) is 0. The molecule has 0 aliphatic rings. The fourth-order valence-electron chi connectivity index (χ4n) is 7.55. The third-order valence-electron chi connectivity index (χ3n) is 11.0. The Hall–Kier alpha value is -0.330. The molecule has 0 aliphatic heterocycles. The molecule has 281 valence electrons. The number of hydrogen-bond acceptors (Lipinski definition) is 1. The van der Waals surface area contributed by atoms with Gasteiger partial charge in [0, 0.05) is 5.92 Å². The van der Waals surface area contributed by atoms with Crippen LogP contribution in [0.2, 0.25) is 0 Å². The van der Waals surface area contributed by atoms with Crippen molar-refractivity contribution in [1.29, 1.82) is 0 Å². The van der Waals surface area contributed by atoms with Crippen LogP contribution in [0.1, 0.15) is 284 Å². The van der Waals surface area contributed by atoms with Crippen LogP contribution in [-0.2, 0) is 4.79 Å². The Balaban J connectivity index is 3.24. The molecule has 0 rings (SSSR count). The van der Waals surface area contributed by atoms with Crippen LogP contribution in [0.4, 0.5) is 0 Å². The molecule has 0 aromatic rings. The molecule has 0 aromatic carbocycles. The number of hydrogen-bond donors (Lipinski definition) is 0. The SMILES string of the molecule is CCCCCCCCCCCCCCCCCCCCCCC([C]=O)CCCCCCCCCCCCCCCCCCCCCC. The first-order valence-electron chi connectivity index (χ1n) is 22.7. The summed E-state index contributed by atoms with van der Waals surface area (Å²) in [6.45, 7) is 4.61. The summed E-state index contributed by atoms with van der Waals surface area (Å²) in [5, 5.41) is 0. The maximum Gasteiger partial charge on any atom is 0.201 e. The summed E-state index contributed by atoms with van der Waals surface area (Å²) in [5.41, 5.74) is 0. The van der Waals surface area contributed by atoms with Crippen molar-refractivity contribution >= 4 is 6.29 Å². The maximum atomic E-state index is 11.4. The van der Waals surface area contributed by atoms with Crippen LogP contribution in [0.15, 0.2) is 0 Å². The first-order valence-corrected chi connectivity index (χ1v) is 22.7. The van der Waals surface area contributed by atoms with Gasteiger partial charge in [0.1, 0.15) is 0 Å². The molecule has 47 heavy (non-hydrogen) atoms. The van der Waals surface area contributed by atoms with Gasteiger partial charge in [-0.3, -0.25) is 4.79 Å². The van der Waals surface area contributed by atoms with E-state index in [1.54, 1.807) is 0 Å². The molecule has 1 heteroatoms. The molecule has 0 atom stereocenters. The molecule has 0 bridgehead atoms. The summed E-state index contributed by atoms with van der Waals surface area (Å²) < 4.78 is 0. The minimum Gasteiger partial charge on any atom is -0.291 e. The predicted molar refractivity (Wildman–Crippen MR) is 214 cm³/mol. The second-order valence-corrected chi connectivity index (χ2v) is 15.8. The lowest BCUT2D eigenvalue weighted by Crippen LogP contribution is -2.02. The maximum absolute atomic E-state index is 11.4. The zero-order valence-electron chi connectivity index (χ0n) is 33.2. The van der Waals surface area contributed by atoms with Crippen molar-refractivity contribution in [3.63, 3.8) is 0 Å². The molecule has 0 heterocycles. The zero-order valence-corrected chi connectivity index (χ0v) is 33.2.